The van der Waals surface area contributed by atoms with E-state index in [2.05, 4.69) is 4.98 Å². The number of pyridine rings is 1. The van der Waals surface area contributed by atoms with Crippen molar-refractivity contribution in [2.45, 2.75) is 20.1 Å². The molecule has 2 rings (SSSR count). The third kappa shape index (κ3) is 3.29. The summed E-state index contributed by atoms with van der Waals surface area (Å²) >= 11 is 0. The molecule has 3 heteroatoms. The topological polar surface area (TPSA) is 48.1 Å². The van der Waals surface area contributed by atoms with Gasteiger partial charge in [-0.05, 0) is 23.6 Å². The van der Waals surface area contributed by atoms with Gasteiger partial charge in [0, 0.05) is 18.8 Å². The minimum atomic E-state index is 0.529. The van der Waals surface area contributed by atoms with E-state index < -0.39 is 0 Å². The molecule has 88 valence electrons. The second-order valence-corrected chi connectivity index (χ2v) is 3.98. The average molecular weight is 228 g/mol. The van der Waals surface area contributed by atoms with Crippen molar-refractivity contribution in [3.63, 3.8) is 0 Å². The first kappa shape index (κ1) is 11.6. The molecule has 0 saturated carbocycles. The zero-order valence-corrected chi connectivity index (χ0v) is 9.89. The van der Waals surface area contributed by atoms with E-state index in [4.69, 9.17) is 10.5 Å². The number of aryl methyl sites for hydroxylation is 1. The lowest BCUT2D eigenvalue weighted by molar-refractivity contribution is 0.294. The lowest BCUT2D eigenvalue weighted by Gasteiger charge is -2.06. The van der Waals surface area contributed by atoms with Crippen molar-refractivity contribution < 1.29 is 4.74 Å². The lowest BCUT2D eigenvalue weighted by atomic mass is 10.1. The summed E-state index contributed by atoms with van der Waals surface area (Å²) in [6.45, 7) is 3.10. The first-order valence-electron chi connectivity index (χ1n) is 5.61. The van der Waals surface area contributed by atoms with Crippen molar-refractivity contribution in [2.75, 3.05) is 0 Å². The Morgan fingerprint density at radius 2 is 1.76 bits per heavy atom. The van der Waals surface area contributed by atoms with Crippen LogP contribution in [0.4, 0.5) is 0 Å². The van der Waals surface area contributed by atoms with Crippen LogP contribution in [-0.2, 0) is 13.2 Å². The average Bonchev–Trinajstić information content (AvgIpc) is 2.39. The largest absolute Gasteiger partial charge is 0.473 e. The predicted octanol–water partition coefficient (Wildman–Crippen LogP) is 2.43. The van der Waals surface area contributed by atoms with Gasteiger partial charge in [-0.15, -0.1) is 0 Å². The highest BCUT2D eigenvalue weighted by atomic mass is 16.5. The number of hydrogen-bond donors (Lipinski definition) is 1. The number of benzene rings is 1. The normalized spacial score (nSPS) is 10.2. The molecule has 0 spiro atoms. The molecular formula is C14H16N2O. The van der Waals surface area contributed by atoms with Crippen LogP contribution >= 0.6 is 0 Å². The first-order valence-corrected chi connectivity index (χ1v) is 5.61. The van der Waals surface area contributed by atoms with Crippen LogP contribution in [0.15, 0.2) is 42.6 Å². The Morgan fingerprint density at radius 1 is 1.06 bits per heavy atom. The van der Waals surface area contributed by atoms with Gasteiger partial charge < -0.3 is 10.5 Å². The van der Waals surface area contributed by atoms with Gasteiger partial charge in [-0.1, -0.05) is 30.3 Å². The minimum absolute atomic E-state index is 0.529. The van der Waals surface area contributed by atoms with Crippen molar-refractivity contribution in [1.29, 1.82) is 0 Å². The summed E-state index contributed by atoms with van der Waals surface area (Å²) in [6.07, 6.45) is 1.80. The van der Waals surface area contributed by atoms with Crippen LogP contribution in [0, 0.1) is 6.92 Å². The van der Waals surface area contributed by atoms with Crippen molar-refractivity contribution >= 4 is 0 Å². The van der Waals surface area contributed by atoms with Gasteiger partial charge in [-0.3, -0.25) is 0 Å². The molecule has 1 aromatic heterocycles. The molecule has 0 amide bonds. The van der Waals surface area contributed by atoms with Crippen LogP contribution in [0.3, 0.4) is 0 Å². The highest BCUT2D eigenvalue weighted by Crippen LogP contribution is 2.10. The summed E-state index contributed by atoms with van der Waals surface area (Å²) in [5.41, 5.74) is 8.91. The van der Waals surface area contributed by atoms with E-state index in [0.29, 0.717) is 19.0 Å². The third-order valence-corrected chi connectivity index (χ3v) is 2.53. The summed E-state index contributed by atoms with van der Waals surface area (Å²) < 4.78 is 5.58. The van der Waals surface area contributed by atoms with E-state index in [1.807, 2.05) is 43.3 Å². The molecule has 2 N–H and O–H groups in total. The molecule has 3 nitrogen and oxygen atoms in total. The van der Waals surface area contributed by atoms with Crippen LogP contribution in [0.2, 0.25) is 0 Å². The summed E-state index contributed by atoms with van der Waals surface area (Å²) in [6, 6.07) is 11.9. The van der Waals surface area contributed by atoms with Gasteiger partial charge in [0.25, 0.3) is 0 Å². The Hall–Kier alpha value is -1.87. The summed E-state index contributed by atoms with van der Waals surface area (Å²) in [7, 11) is 0. The third-order valence-electron chi connectivity index (χ3n) is 2.53. The molecular weight excluding hydrogens is 212 g/mol. The van der Waals surface area contributed by atoms with E-state index in [-0.39, 0.29) is 0 Å². The minimum Gasteiger partial charge on any atom is -0.473 e. The second-order valence-electron chi connectivity index (χ2n) is 3.98. The fourth-order valence-electron chi connectivity index (χ4n) is 1.47. The maximum atomic E-state index is 5.58. The molecule has 1 aromatic carbocycles. The van der Waals surface area contributed by atoms with Crippen LogP contribution in [-0.4, -0.2) is 4.98 Å². The Morgan fingerprint density at radius 3 is 2.35 bits per heavy atom. The van der Waals surface area contributed by atoms with Crippen LogP contribution in [0.25, 0.3) is 0 Å². The van der Waals surface area contributed by atoms with Gasteiger partial charge >= 0.3 is 0 Å². The summed E-state index contributed by atoms with van der Waals surface area (Å²) in [4.78, 5) is 4.18. The van der Waals surface area contributed by atoms with Crippen molar-refractivity contribution in [3.8, 4) is 5.88 Å². The van der Waals surface area contributed by atoms with Gasteiger partial charge in [-0.2, -0.15) is 0 Å². The van der Waals surface area contributed by atoms with Crippen LogP contribution in [0.5, 0.6) is 5.88 Å². The van der Waals surface area contributed by atoms with Crippen molar-refractivity contribution in [2.24, 2.45) is 5.73 Å². The van der Waals surface area contributed by atoms with E-state index in [1.165, 1.54) is 0 Å². The van der Waals surface area contributed by atoms with Crippen LogP contribution in [0.1, 0.15) is 16.7 Å². The number of nitrogens with zero attached hydrogens (tertiary/aromatic N) is 1. The number of rotatable bonds is 4. The fraction of sp³-hybridized carbons (Fsp3) is 0.214. The Kier molecular flexibility index (Phi) is 3.73. The Labute approximate surface area is 101 Å². The maximum absolute atomic E-state index is 5.58. The fourth-order valence-corrected chi connectivity index (χ4v) is 1.47. The zero-order chi connectivity index (χ0) is 12.1. The van der Waals surface area contributed by atoms with E-state index in [1.54, 1.807) is 6.20 Å². The van der Waals surface area contributed by atoms with Gasteiger partial charge in [0.1, 0.15) is 6.61 Å². The number of aromatic nitrogens is 1. The lowest BCUT2D eigenvalue weighted by Crippen LogP contribution is -1.99. The Bertz CT molecular complexity index is 463. The smallest absolute Gasteiger partial charge is 0.213 e. The molecule has 0 unspecified atom stereocenters. The Balaban J connectivity index is 1.95. The van der Waals surface area contributed by atoms with E-state index in [9.17, 15) is 0 Å². The first-order chi connectivity index (χ1) is 8.28. The standard InChI is InChI=1S/C14H16N2O/c1-11-2-7-14(16-9-11)17-10-13-5-3-12(8-15)4-6-13/h2-7,9H,8,10,15H2,1H3. The van der Waals surface area contributed by atoms with Gasteiger partial charge in [0.2, 0.25) is 5.88 Å². The molecule has 0 aliphatic heterocycles. The quantitative estimate of drug-likeness (QED) is 0.874. The highest BCUT2D eigenvalue weighted by Gasteiger charge is 1.97. The molecule has 0 aliphatic carbocycles. The highest BCUT2D eigenvalue weighted by molar-refractivity contribution is 5.22. The molecule has 0 saturated heterocycles. The van der Waals surface area contributed by atoms with Crippen molar-refractivity contribution in [1.82, 2.24) is 4.98 Å². The molecule has 0 bridgehead atoms. The molecule has 0 atom stereocenters. The van der Waals surface area contributed by atoms with Gasteiger partial charge in [0.15, 0.2) is 0 Å². The summed E-state index contributed by atoms with van der Waals surface area (Å²) in [5.74, 6) is 0.651. The molecule has 2 aromatic rings. The van der Waals surface area contributed by atoms with Gasteiger partial charge in [-0.25, -0.2) is 4.98 Å². The van der Waals surface area contributed by atoms with E-state index in [0.717, 1.165) is 16.7 Å². The van der Waals surface area contributed by atoms with Crippen LogP contribution < -0.4 is 10.5 Å². The van der Waals surface area contributed by atoms with E-state index >= 15 is 0 Å². The monoisotopic (exact) mass is 228 g/mol. The summed E-state index contributed by atoms with van der Waals surface area (Å²) in [5, 5.41) is 0. The molecule has 0 aliphatic rings. The number of nitrogens with two attached hydrogens (primary N) is 1. The maximum Gasteiger partial charge on any atom is 0.213 e. The zero-order valence-electron chi connectivity index (χ0n) is 9.89. The number of ether oxygens (including phenoxy) is 1. The number of hydrogen-bond acceptors (Lipinski definition) is 3. The predicted molar refractivity (Wildman–Crippen MR) is 67.6 cm³/mol. The molecule has 0 fully saturated rings. The molecule has 17 heavy (non-hydrogen) atoms. The molecule has 0 radical (unpaired) electrons. The van der Waals surface area contributed by atoms with Gasteiger partial charge in [0.05, 0.1) is 0 Å². The van der Waals surface area contributed by atoms with Crippen molar-refractivity contribution in [3.05, 3.63) is 59.3 Å². The SMILES string of the molecule is Cc1ccc(OCc2ccc(CN)cc2)nc1. The second kappa shape index (κ2) is 5.46. The molecule has 1 heterocycles.